The summed E-state index contributed by atoms with van der Waals surface area (Å²) in [6.07, 6.45) is 3.59. The molecule has 18 heavy (non-hydrogen) atoms. The van der Waals surface area contributed by atoms with Gasteiger partial charge in [0.05, 0.1) is 6.54 Å². The van der Waals surface area contributed by atoms with E-state index in [0.29, 0.717) is 18.7 Å². The Morgan fingerprint density at radius 3 is 3.00 bits per heavy atom. The molecule has 0 fully saturated rings. The summed E-state index contributed by atoms with van der Waals surface area (Å²) < 4.78 is 2.73. The zero-order chi connectivity index (χ0) is 13.0. The lowest BCUT2D eigenvalue weighted by Crippen LogP contribution is -2.28. The van der Waals surface area contributed by atoms with Crippen LogP contribution in [0.5, 0.6) is 0 Å². The number of halogens is 1. The van der Waals surface area contributed by atoms with Crippen LogP contribution in [0, 0.1) is 6.92 Å². The van der Waals surface area contributed by atoms with Crippen LogP contribution in [0.2, 0.25) is 0 Å². The number of benzene rings is 1. The molecule has 0 aliphatic heterocycles. The van der Waals surface area contributed by atoms with Crippen molar-refractivity contribution in [3.05, 3.63) is 52.3 Å². The number of rotatable bonds is 4. The van der Waals surface area contributed by atoms with Crippen LogP contribution >= 0.6 is 15.9 Å². The topological polar surface area (TPSA) is 46.9 Å². The Balaban J connectivity index is 1.93. The lowest BCUT2D eigenvalue weighted by molar-refractivity contribution is 0.0951. The molecule has 2 rings (SSSR count). The molecule has 0 bridgehead atoms. The molecule has 4 nitrogen and oxygen atoms in total. The average Bonchev–Trinajstić information content (AvgIpc) is 2.85. The van der Waals surface area contributed by atoms with Crippen LogP contribution in [0.1, 0.15) is 15.9 Å². The summed E-state index contributed by atoms with van der Waals surface area (Å²) in [4.78, 5) is 12.0. The van der Waals surface area contributed by atoms with E-state index in [1.807, 2.05) is 37.4 Å². The summed E-state index contributed by atoms with van der Waals surface area (Å²) >= 11 is 3.42. The minimum absolute atomic E-state index is 0.0547. The molecule has 5 heteroatoms. The second-order valence-corrected chi connectivity index (χ2v) is 4.79. The Morgan fingerprint density at radius 1 is 1.44 bits per heavy atom. The lowest BCUT2D eigenvalue weighted by Gasteiger charge is -2.08. The Bertz CT molecular complexity index is 537. The van der Waals surface area contributed by atoms with E-state index in [1.165, 1.54) is 0 Å². The summed E-state index contributed by atoms with van der Waals surface area (Å²) in [5, 5.41) is 6.96. The van der Waals surface area contributed by atoms with E-state index in [9.17, 15) is 4.79 Å². The molecule has 0 atom stereocenters. The first kappa shape index (κ1) is 12.8. The van der Waals surface area contributed by atoms with Crippen molar-refractivity contribution in [3.63, 3.8) is 0 Å². The van der Waals surface area contributed by atoms with Crippen molar-refractivity contribution in [3.8, 4) is 0 Å². The number of amides is 1. The second-order valence-electron chi connectivity index (χ2n) is 3.94. The molecular formula is C13H14BrN3O. The quantitative estimate of drug-likeness (QED) is 0.942. The largest absolute Gasteiger partial charge is 0.350 e. The van der Waals surface area contributed by atoms with Gasteiger partial charge in [-0.05, 0) is 30.7 Å². The van der Waals surface area contributed by atoms with E-state index in [4.69, 9.17) is 0 Å². The molecule has 0 aliphatic carbocycles. The van der Waals surface area contributed by atoms with Crippen molar-refractivity contribution in [1.82, 2.24) is 15.1 Å². The first-order valence-electron chi connectivity index (χ1n) is 5.69. The summed E-state index contributed by atoms with van der Waals surface area (Å²) in [6, 6.07) is 7.47. The molecule has 0 saturated heterocycles. The fraction of sp³-hybridized carbons (Fsp3) is 0.231. The summed E-state index contributed by atoms with van der Waals surface area (Å²) in [7, 11) is 0. The summed E-state index contributed by atoms with van der Waals surface area (Å²) in [5.41, 5.74) is 1.65. The predicted molar refractivity (Wildman–Crippen MR) is 73.4 cm³/mol. The standard InChI is InChI=1S/C13H14BrN3O/c1-10-11(4-2-5-12(10)14)13(18)15-7-9-17-8-3-6-16-17/h2-6,8H,7,9H2,1H3,(H,15,18). The third-order valence-electron chi connectivity index (χ3n) is 2.70. The summed E-state index contributed by atoms with van der Waals surface area (Å²) in [6.45, 7) is 3.16. The van der Waals surface area contributed by atoms with E-state index >= 15 is 0 Å². The number of nitrogens with one attached hydrogen (secondary N) is 1. The van der Waals surface area contributed by atoms with Gasteiger partial charge >= 0.3 is 0 Å². The maximum Gasteiger partial charge on any atom is 0.251 e. The van der Waals surface area contributed by atoms with Gasteiger partial charge in [-0.3, -0.25) is 9.48 Å². The third kappa shape index (κ3) is 2.98. The van der Waals surface area contributed by atoms with Crippen molar-refractivity contribution in [2.45, 2.75) is 13.5 Å². The predicted octanol–water partition coefficient (Wildman–Crippen LogP) is 2.38. The van der Waals surface area contributed by atoms with Crippen LogP contribution in [0.4, 0.5) is 0 Å². The summed E-state index contributed by atoms with van der Waals surface area (Å²) in [5.74, 6) is -0.0547. The molecule has 1 heterocycles. The van der Waals surface area contributed by atoms with Crippen LogP contribution in [0.25, 0.3) is 0 Å². The van der Waals surface area contributed by atoms with Gasteiger partial charge in [-0.1, -0.05) is 22.0 Å². The molecule has 1 aromatic heterocycles. The molecule has 1 N–H and O–H groups in total. The van der Waals surface area contributed by atoms with Gasteiger partial charge in [-0.15, -0.1) is 0 Å². The minimum atomic E-state index is -0.0547. The maximum absolute atomic E-state index is 12.0. The lowest BCUT2D eigenvalue weighted by atomic mass is 10.1. The van der Waals surface area contributed by atoms with Crippen LogP contribution in [0.15, 0.2) is 41.1 Å². The van der Waals surface area contributed by atoms with Crippen LogP contribution in [-0.2, 0) is 6.54 Å². The van der Waals surface area contributed by atoms with E-state index < -0.39 is 0 Å². The fourth-order valence-corrected chi connectivity index (χ4v) is 2.03. The number of nitrogens with zero attached hydrogens (tertiary/aromatic N) is 2. The van der Waals surface area contributed by atoms with Gasteiger partial charge in [-0.2, -0.15) is 5.10 Å². The van der Waals surface area contributed by atoms with Gasteiger partial charge in [0.25, 0.3) is 5.91 Å². The van der Waals surface area contributed by atoms with E-state index in [-0.39, 0.29) is 5.91 Å². The number of hydrogen-bond acceptors (Lipinski definition) is 2. The number of carbonyl (C=O) groups is 1. The number of hydrogen-bond donors (Lipinski definition) is 1. The number of carbonyl (C=O) groups excluding carboxylic acids is 1. The number of aromatic nitrogens is 2. The van der Waals surface area contributed by atoms with Gasteiger partial charge in [-0.25, -0.2) is 0 Å². The molecule has 94 valence electrons. The highest BCUT2D eigenvalue weighted by Crippen LogP contribution is 2.19. The fourth-order valence-electron chi connectivity index (χ4n) is 1.67. The minimum Gasteiger partial charge on any atom is -0.350 e. The van der Waals surface area contributed by atoms with Gasteiger partial charge in [0.1, 0.15) is 0 Å². The Labute approximate surface area is 114 Å². The van der Waals surface area contributed by atoms with Crippen molar-refractivity contribution >= 4 is 21.8 Å². The van der Waals surface area contributed by atoms with Crippen molar-refractivity contribution in [1.29, 1.82) is 0 Å². The maximum atomic E-state index is 12.0. The normalized spacial score (nSPS) is 10.3. The van der Waals surface area contributed by atoms with Crippen molar-refractivity contribution in [2.75, 3.05) is 6.54 Å². The van der Waals surface area contributed by atoms with Gasteiger partial charge in [0.2, 0.25) is 0 Å². The molecule has 1 amide bonds. The Kier molecular flexibility index (Phi) is 4.15. The molecule has 0 unspecified atom stereocenters. The highest BCUT2D eigenvalue weighted by atomic mass is 79.9. The van der Waals surface area contributed by atoms with Gasteiger partial charge in [0.15, 0.2) is 0 Å². The molecular weight excluding hydrogens is 294 g/mol. The molecule has 0 saturated carbocycles. The van der Waals surface area contributed by atoms with Crippen LogP contribution in [0.3, 0.4) is 0 Å². The van der Waals surface area contributed by atoms with E-state index in [0.717, 1.165) is 10.0 Å². The average molecular weight is 308 g/mol. The SMILES string of the molecule is Cc1c(Br)cccc1C(=O)NCCn1cccn1. The molecule has 1 aromatic carbocycles. The van der Waals surface area contributed by atoms with Crippen molar-refractivity contribution in [2.24, 2.45) is 0 Å². The molecule has 0 radical (unpaired) electrons. The van der Waals surface area contributed by atoms with Crippen LogP contribution in [-0.4, -0.2) is 22.2 Å². The molecule has 0 spiro atoms. The zero-order valence-electron chi connectivity index (χ0n) is 10.1. The highest BCUT2D eigenvalue weighted by molar-refractivity contribution is 9.10. The van der Waals surface area contributed by atoms with Crippen LogP contribution < -0.4 is 5.32 Å². The van der Waals surface area contributed by atoms with Crippen molar-refractivity contribution < 1.29 is 4.79 Å². The molecule has 2 aromatic rings. The van der Waals surface area contributed by atoms with E-state index in [2.05, 4.69) is 26.3 Å². The zero-order valence-corrected chi connectivity index (χ0v) is 11.6. The second kappa shape index (κ2) is 5.82. The van der Waals surface area contributed by atoms with Gasteiger partial charge in [0, 0.05) is 29.0 Å². The smallest absolute Gasteiger partial charge is 0.251 e. The van der Waals surface area contributed by atoms with Gasteiger partial charge < -0.3 is 5.32 Å². The first-order valence-corrected chi connectivity index (χ1v) is 6.48. The van der Waals surface area contributed by atoms with E-state index in [1.54, 1.807) is 10.9 Å². The highest BCUT2D eigenvalue weighted by Gasteiger charge is 2.09. The molecule has 0 aliphatic rings. The Hall–Kier alpha value is -1.62. The third-order valence-corrected chi connectivity index (χ3v) is 3.56. The first-order chi connectivity index (χ1) is 8.68. The monoisotopic (exact) mass is 307 g/mol. The Morgan fingerprint density at radius 2 is 2.28 bits per heavy atom.